The Morgan fingerprint density at radius 1 is 1.04 bits per heavy atom. The Bertz CT molecular complexity index is 705. The first-order valence-electron chi connectivity index (χ1n) is 8.93. The summed E-state index contributed by atoms with van der Waals surface area (Å²) in [5, 5.41) is 2.78. The molecule has 0 saturated heterocycles. The number of hydrogen-bond acceptors (Lipinski definition) is 4. The first-order valence-corrected chi connectivity index (χ1v) is 8.93. The van der Waals surface area contributed by atoms with Gasteiger partial charge < -0.3 is 15.8 Å². The van der Waals surface area contributed by atoms with Crippen molar-refractivity contribution in [2.75, 3.05) is 13.2 Å². The number of hydrogen-bond donors (Lipinski definition) is 2. The fraction of sp³-hybridized carbons (Fsp3) is 0.333. The molecule has 0 bridgehead atoms. The van der Waals surface area contributed by atoms with Crippen LogP contribution < -0.4 is 15.8 Å². The number of ketones is 1. The number of nitrogens with one attached hydrogen (secondary N) is 1. The van der Waals surface area contributed by atoms with E-state index in [0.717, 1.165) is 17.7 Å². The minimum absolute atomic E-state index is 0. The smallest absolute Gasteiger partial charge is 0.220 e. The summed E-state index contributed by atoms with van der Waals surface area (Å²) < 4.78 is 5.49. The van der Waals surface area contributed by atoms with Crippen LogP contribution in [0.25, 0.3) is 0 Å². The number of halogens is 1. The third kappa shape index (κ3) is 7.81. The van der Waals surface area contributed by atoms with Gasteiger partial charge in [-0.25, -0.2) is 0 Å². The molecular weight excluding hydrogens is 364 g/mol. The zero-order valence-corrected chi connectivity index (χ0v) is 16.3. The Morgan fingerprint density at radius 2 is 1.70 bits per heavy atom. The van der Waals surface area contributed by atoms with Crippen LogP contribution in [0.2, 0.25) is 0 Å². The van der Waals surface area contributed by atoms with E-state index in [0.29, 0.717) is 18.7 Å². The topological polar surface area (TPSA) is 81.4 Å². The first-order chi connectivity index (χ1) is 12.6. The Kier molecular flexibility index (Phi) is 10.2. The average molecular weight is 391 g/mol. The Morgan fingerprint density at radius 3 is 2.33 bits per heavy atom. The number of rotatable bonds is 10. The van der Waals surface area contributed by atoms with Gasteiger partial charge in [-0.05, 0) is 36.2 Å². The monoisotopic (exact) mass is 390 g/mol. The van der Waals surface area contributed by atoms with E-state index in [-0.39, 0.29) is 43.0 Å². The lowest BCUT2D eigenvalue weighted by molar-refractivity contribution is -0.121. The van der Waals surface area contributed by atoms with Crippen molar-refractivity contribution < 1.29 is 14.3 Å². The molecule has 2 rings (SSSR count). The number of nitrogens with two attached hydrogens (primary N) is 1. The highest BCUT2D eigenvalue weighted by molar-refractivity contribution is 5.98. The molecule has 146 valence electrons. The van der Waals surface area contributed by atoms with Gasteiger partial charge in [0, 0.05) is 31.0 Å². The maximum atomic E-state index is 12.2. The van der Waals surface area contributed by atoms with E-state index in [2.05, 4.69) is 5.32 Å². The van der Waals surface area contributed by atoms with E-state index in [1.165, 1.54) is 0 Å². The minimum atomic E-state index is -0.258. The van der Waals surface area contributed by atoms with E-state index >= 15 is 0 Å². The standard InChI is InChI=1S/C21H26N2O3.ClH/c1-2-14-26-18-10-8-17(9-11-18)20(24)12-13-21(25)23-15-19(22)16-6-4-3-5-7-16;/h3-11,19H,2,12-15,22H2,1H3,(H,23,25);1H. The quantitative estimate of drug-likeness (QED) is 0.606. The second-order valence-corrected chi connectivity index (χ2v) is 6.12. The van der Waals surface area contributed by atoms with Crippen molar-refractivity contribution in [1.82, 2.24) is 5.32 Å². The first kappa shape index (κ1) is 22.7. The normalized spacial score (nSPS) is 11.2. The predicted octanol–water partition coefficient (Wildman–Crippen LogP) is 3.68. The number of carbonyl (C=O) groups excluding carboxylic acids is 2. The largest absolute Gasteiger partial charge is 0.494 e. The summed E-state index contributed by atoms with van der Waals surface area (Å²) in [4.78, 5) is 24.1. The maximum absolute atomic E-state index is 12.2. The van der Waals surface area contributed by atoms with Crippen LogP contribution in [-0.2, 0) is 4.79 Å². The molecule has 27 heavy (non-hydrogen) atoms. The van der Waals surface area contributed by atoms with Gasteiger partial charge in [0.1, 0.15) is 5.75 Å². The van der Waals surface area contributed by atoms with Gasteiger partial charge in [-0.1, -0.05) is 37.3 Å². The second-order valence-electron chi connectivity index (χ2n) is 6.12. The number of carbonyl (C=O) groups is 2. The lowest BCUT2D eigenvalue weighted by Crippen LogP contribution is -2.32. The van der Waals surface area contributed by atoms with Gasteiger partial charge in [0.25, 0.3) is 0 Å². The van der Waals surface area contributed by atoms with Gasteiger partial charge in [0.15, 0.2) is 5.78 Å². The maximum Gasteiger partial charge on any atom is 0.220 e. The number of amides is 1. The molecule has 0 aliphatic rings. The third-order valence-electron chi connectivity index (χ3n) is 3.98. The number of benzene rings is 2. The molecule has 6 heteroatoms. The van der Waals surface area contributed by atoms with Crippen LogP contribution in [0.3, 0.4) is 0 Å². The minimum Gasteiger partial charge on any atom is -0.494 e. The Balaban J connectivity index is 0.00000364. The Hall–Kier alpha value is -2.37. The SMILES string of the molecule is CCCOc1ccc(C(=O)CCC(=O)NCC(N)c2ccccc2)cc1.Cl. The second kappa shape index (κ2) is 12.1. The van der Waals surface area contributed by atoms with Crippen molar-refractivity contribution in [3.05, 3.63) is 65.7 Å². The molecule has 5 nitrogen and oxygen atoms in total. The van der Waals surface area contributed by atoms with Gasteiger partial charge >= 0.3 is 0 Å². The van der Waals surface area contributed by atoms with Crippen LogP contribution in [0, 0.1) is 0 Å². The molecule has 0 spiro atoms. The molecule has 0 radical (unpaired) electrons. The summed E-state index contributed by atoms with van der Waals surface area (Å²) >= 11 is 0. The van der Waals surface area contributed by atoms with Crippen molar-refractivity contribution in [3.8, 4) is 5.75 Å². The van der Waals surface area contributed by atoms with E-state index in [1.807, 2.05) is 37.3 Å². The summed E-state index contributed by atoms with van der Waals surface area (Å²) in [5.74, 6) is 0.512. The summed E-state index contributed by atoms with van der Waals surface area (Å²) in [6.07, 6.45) is 1.25. The van der Waals surface area contributed by atoms with Gasteiger partial charge in [-0.15, -0.1) is 12.4 Å². The van der Waals surface area contributed by atoms with Crippen LogP contribution >= 0.6 is 12.4 Å². The van der Waals surface area contributed by atoms with E-state index in [4.69, 9.17) is 10.5 Å². The third-order valence-corrected chi connectivity index (χ3v) is 3.98. The van der Waals surface area contributed by atoms with Crippen LogP contribution in [0.5, 0.6) is 5.75 Å². The lowest BCUT2D eigenvalue weighted by Gasteiger charge is -2.13. The van der Waals surface area contributed by atoms with Crippen molar-refractivity contribution in [1.29, 1.82) is 0 Å². The van der Waals surface area contributed by atoms with Crippen LogP contribution in [0.1, 0.15) is 48.1 Å². The van der Waals surface area contributed by atoms with Gasteiger partial charge in [0.2, 0.25) is 5.91 Å². The van der Waals surface area contributed by atoms with Gasteiger partial charge in [-0.3, -0.25) is 9.59 Å². The fourth-order valence-corrected chi connectivity index (χ4v) is 2.46. The molecule has 0 fully saturated rings. The van der Waals surface area contributed by atoms with Crippen molar-refractivity contribution in [3.63, 3.8) is 0 Å². The van der Waals surface area contributed by atoms with Crippen LogP contribution in [-0.4, -0.2) is 24.8 Å². The van der Waals surface area contributed by atoms with E-state index in [1.54, 1.807) is 24.3 Å². The lowest BCUT2D eigenvalue weighted by atomic mass is 10.1. The highest BCUT2D eigenvalue weighted by Crippen LogP contribution is 2.14. The molecule has 0 aromatic heterocycles. The molecule has 0 saturated carbocycles. The summed E-state index contributed by atoms with van der Waals surface area (Å²) in [7, 11) is 0. The zero-order valence-electron chi connectivity index (χ0n) is 15.5. The summed E-state index contributed by atoms with van der Waals surface area (Å²) in [5.41, 5.74) is 7.60. The highest BCUT2D eigenvalue weighted by atomic mass is 35.5. The molecule has 2 aromatic carbocycles. The molecule has 0 aliphatic carbocycles. The number of Topliss-reactive ketones (excluding diaryl/α,β-unsaturated/α-hetero) is 1. The van der Waals surface area contributed by atoms with E-state index < -0.39 is 0 Å². The summed E-state index contributed by atoms with van der Waals surface area (Å²) in [6.45, 7) is 3.04. The van der Waals surface area contributed by atoms with Crippen molar-refractivity contribution in [2.45, 2.75) is 32.2 Å². The average Bonchev–Trinajstić information content (AvgIpc) is 2.69. The molecule has 1 unspecified atom stereocenters. The molecule has 1 amide bonds. The molecule has 3 N–H and O–H groups in total. The molecule has 0 aliphatic heterocycles. The van der Waals surface area contributed by atoms with Gasteiger partial charge in [-0.2, -0.15) is 0 Å². The molecule has 0 heterocycles. The highest BCUT2D eigenvalue weighted by Gasteiger charge is 2.11. The summed E-state index contributed by atoms with van der Waals surface area (Å²) in [6, 6.07) is 16.4. The Labute approximate surface area is 166 Å². The predicted molar refractivity (Wildman–Crippen MR) is 109 cm³/mol. The molecular formula is C21H27ClN2O3. The van der Waals surface area contributed by atoms with Crippen LogP contribution in [0.4, 0.5) is 0 Å². The van der Waals surface area contributed by atoms with Crippen LogP contribution in [0.15, 0.2) is 54.6 Å². The molecule has 2 aromatic rings. The number of ether oxygens (including phenoxy) is 1. The van der Waals surface area contributed by atoms with E-state index in [9.17, 15) is 9.59 Å². The molecule has 1 atom stereocenters. The fourth-order valence-electron chi connectivity index (χ4n) is 2.46. The van der Waals surface area contributed by atoms with Crippen molar-refractivity contribution >= 4 is 24.1 Å². The zero-order chi connectivity index (χ0) is 18.8. The van der Waals surface area contributed by atoms with Gasteiger partial charge in [0.05, 0.1) is 6.61 Å². The van der Waals surface area contributed by atoms with Crippen molar-refractivity contribution in [2.24, 2.45) is 5.73 Å².